The lowest BCUT2D eigenvalue weighted by Crippen LogP contribution is -2.26. The maximum Gasteiger partial charge on any atom is 0.311 e. The fraction of sp³-hybridized carbons (Fsp3) is 0.667. The molecule has 0 N–H and O–H groups in total. The van der Waals surface area contributed by atoms with E-state index in [4.69, 9.17) is 4.74 Å². The number of methoxy groups -OCH3 is 1. The van der Waals surface area contributed by atoms with E-state index < -0.39 is 0 Å². The predicted molar refractivity (Wildman–Crippen MR) is 46.8 cm³/mol. The van der Waals surface area contributed by atoms with Gasteiger partial charge in [0.05, 0.1) is 25.7 Å². The van der Waals surface area contributed by atoms with E-state index in [-0.39, 0.29) is 18.0 Å². The lowest BCUT2D eigenvalue weighted by Gasteiger charge is -2.17. The molecule has 0 aliphatic heterocycles. The molecule has 70 valence electrons. The largest absolute Gasteiger partial charge is 0.469 e. The Morgan fingerprint density at radius 2 is 2.17 bits per heavy atom. The molecule has 0 unspecified atom stereocenters. The fourth-order valence-electron chi connectivity index (χ4n) is 0.742. The van der Waals surface area contributed by atoms with Gasteiger partial charge in [-0.05, 0) is 13.8 Å². The summed E-state index contributed by atoms with van der Waals surface area (Å²) in [6.07, 6.45) is 1.52. The third-order valence-corrected chi connectivity index (χ3v) is 1.75. The zero-order chi connectivity index (χ0) is 9.56. The van der Waals surface area contributed by atoms with E-state index in [0.717, 1.165) is 0 Å². The molecule has 0 aromatic heterocycles. The van der Waals surface area contributed by atoms with Gasteiger partial charge in [0.2, 0.25) is 0 Å². The van der Waals surface area contributed by atoms with Crippen LogP contribution in [0.3, 0.4) is 0 Å². The lowest BCUT2D eigenvalue weighted by atomic mass is 10.1. The van der Waals surface area contributed by atoms with Crippen molar-refractivity contribution in [1.29, 1.82) is 0 Å². The predicted octanol–water partition coefficient (Wildman–Crippen LogP) is 1.39. The van der Waals surface area contributed by atoms with Crippen LogP contribution in [-0.2, 0) is 14.3 Å². The Kier molecular flexibility index (Phi) is 5.37. The first kappa shape index (κ1) is 11.2. The van der Waals surface area contributed by atoms with Crippen LogP contribution < -0.4 is 0 Å². The molecule has 3 nitrogen and oxygen atoms in total. The second-order valence-electron chi connectivity index (χ2n) is 2.64. The van der Waals surface area contributed by atoms with Gasteiger partial charge >= 0.3 is 5.97 Å². The zero-order valence-electron chi connectivity index (χ0n) is 7.87. The number of carbonyl (C=O) groups is 1. The molecule has 12 heavy (non-hydrogen) atoms. The summed E-state index contributed by atoms with van der Waals surface area (Å²) in [6.45, 7) is 7.59. The molecule has 0 aliphatic rings. The van der Waals surface area contributed by atoms with E-state index >= 15 is 0 Å². The van der Waals surface area contributed by atoms with Crippen molar-refractivity contribution in [3.05, 3.63) is 12.7 Å². The topological polar surface area (TPSA) is 35.5 Å². The first-order valence-corrected chi connectivity index (χ1v) is 3.93. The Balaban J connectivity index is 3.82. The summed E-state index contributed by atoms with van der Waals surface area (Å²) >= 11 is 0. The van der Waals surface area contributed by atoms with Crippen LogP contribution in [0.15, 0.2) is 12.7 Å². The van der Waals surface area contributed by atoms with Crippen LogP contribution >= 0.6 is 0 Å². The highest BCUT2D eigenvalue weighted by Crippen LogP contribution is 2.08. The highest BCUT2D eigenvalue weighted by atomic mass is 16.5. The van der Waals surface area contributed by atoms with Gasteiger partial charge in [0, 0.05) is 0 Å². The minimum Gasteiger partial charge on any atom is -0.469 e. The van der Waals surface area contributed by atoms with Crippen LogP contribution in [0.4, 0.5) is 0 Å². The highest BCUT2D eigenvalue weighted by molar-refractivity contribution is 5.72. The van der Waals surface area contributed by atoms with E-state index in [9.17, 15) is 4.79 Å². The SMILES string of the molecule is C=CCO[C@H](C)[C@H](C)C(=O)OC. The summed E-state index contributed by atoms with van der Waals surface area (Å²) in [7, 11) is 1.37. The fourth-order valence-corrected chi connectivity index (χ4v) is 0.742. The van der Waals surface area contributed by atoms with Gasteiger partial charge in [0.25, 0.3) is 0 Å². The maximum absolute atomic E-state index is 11.0. The van der Waals surface area contributed by atoms with Gasteiger partial charge in [-0.3, -0.25) is 4.79 Å². The summed E-state index contributed by atoms with van der Waals surface area (Å²) in [5, 5.41) is 0. The molecule has 0 aromatic rings. The monoisotopic (exact) mass is 172 g/mol. The van der Waals surface area contributed by atoms with Crippen LogP contribution in [0.5, 0.6) is 0 Å². The molecule has 0 heterocycles. The van der Waals surface area contributed by atoms with Crippen LogP contribution in [0.2, 0.25) is 0 Å². The third kappa shape index (κ3) is 3.53. The average molecular weight is 172 g/mol. The lowest BCUT2D eigenvalue weighted by molar-refractivity contribution is -0.149. The molecule has 0 spiro atoms. The Hall–Kier alpha value is -0.830. The van der Waals surface area contributed by atoms with Crippen molar-refractivity contribution in [2.45, 2.75) is 20.0 Å². The molecule has 0 bridgehead atoms. The molecule has 2 atom stereocenters. The van der Waals surface area contributed by atoms with Crippen LogP contribution in [0.25, 0.3) is 0 Å². The summed E-state index contributed by atoms with van der Waals surface area (Å²) in [4.78, 5) is 11.0. The van der Waals surface area contributed by atoms with Crippen LogP contribution in [0.1, 0.15) is 13.8 Å². The molecular formula is C9H16O3. The van der Waals surface area contributed by atoms with Gasteiger partial charge in [-0.25, -0.2) is 0 Å². The molecular weight excluding hydrogens is 156 g/mol. The van der Waals surface area contributed by atoms with Crippen molar-refractivity contribution in [1.82, 2.24) is 0 Å². The molecule has 0 saturated heterocycles. The standard InChI is InChI=1S/C9H16O3/c1-5-6-12-8(3)7(2)9(10)11-4/h5,7-8H,1,6H2,2-4H3/t7-,8+/m0/s1. The van der Waals surface area contributed by atoms with E-state index in [1.54, 1.807) is 13.0 Å². The first-order valence-electron chi connectivity index (χ1n) is 3.93. The van der Waals surface area contributed by atoms with Crippen molar-refractivity contribution in [3.8, 4) is 0 Å². The van der Waals surface area contributed by atoms with Crippen molar-refractivity contribution in [3.63, 3.8) is 0 Å². The van der Waals surface area contributed by atoms with Gasteiger partial charge in [-0.15, -0.1) is 6.58 Å². The minimum atomic E-state index is -0.244. The van der Waals surface area contributed by atoms with Crippen LogP contribution in [-0.4, -0.2) is 25.8 Å². The molecule has 0 rings (SSSR count). The molecule has 0 aromatic carbocycles. The van der Waals surface area contributed by atoms with Gasteiger partial charge in [-0.2, -0.15) is 0 Å². The summed E-state index contributed by atoms with van der Waals surface area (Å²) in [5.41, 5.74) is 0. The van der Waals surface area contributed by atoms with Crippen molar-refractivity contribution in [2.75, 3.05) is 13.7 Å². The zero-order valence-corrected chi connectivity index (χ0v) is 7.87. The third-order valence-electron chi connectivity index (χ3n) is 1.75. The van der Waals surface area contributed by atoms with E-state index in [0.29, 0.717) is 6.61 Å². The Labute approximate surface area is 73.4 Å². The molecule has 0 fully saturated rings. The van der Waals surface area contributed by atoms with Crippen molar-refractivity contribution in [2.24, 2.45) is 5.92 Å². The quantitative estimate of drug-likeness (QED) is 0.464. The second kappa shape index (κ2) is 5.77. The number of hydrogen-bond acceptors (Lipinski definition) is 3. The molecule has 0 aliphatic carbocycles. The number of esters is 1. The first-order chi connectivity index (χ1) is 5.63. The van der Waals surface area contributed by atoms with Gasteiger partial charge < -0.3 is 9.47 Å². The Bertz CT molecular complexity index is 154. The maximum atomic E-state index is 11.0. The Morgan fingerprint density at radius 1 is 1.58 bits per heavy atom. The number of rotatable bonds is 5. The molecule has 3 heteroatoms. The van der Waals surface area contributed by atoms with Gasteiger partial charge in [0.1, 0.15) is 0 Å². The van der Waals surface area contributed by atoms with E-state index in [1.165, 1.54) is 7.11 Å². The summed E-state index contributed by atoms with van der Waals surface area (Å²) < 4.78 is 9.83. The van der Waals surface area contributed by atoms with E-state index in [1.807, 2.05) is 6.92 Å². The van der Waals surface area contributed by atoms with Crippen molar-refractivity contribution < 1.29 is 14.3 Å². The smallest absolute Gasteiger partial charge is 0.311 e. The van der Waals surface area contributed by atoms with Gasteiger partial charge in [-0.1, -0.05) is 6.08 Å². The average Bonchev–Trinajstić information content (AvgIpc) is 2.11. The molecule has 0 radical (unpaired) electrons. The minimum absolute atomic E-state index is 0.129. The van der Waals surface area contributed by atoms with Crippen molar-refractivity contribution >= 4 is 5.97 Å². The Morgan fingerprint density at radius 3 is 2.58 bits per heavy atom. The summed E-state index contributed by atoms with van der Waals surface area (Å²) in [5.74, 6) is -0.471. The second-order valence-corrected chi connectivity index (χ2v) is 2.64. The normalized spacial score (nSPS) is 14.9. The molecule has 0 amide bonds. The van der Waals surface area contributed by atoms with Gasteiger partial charge in [0.15, 0.2) is 0 Å². The molecule has 0 saturated carbocycles. The number of ether oxygens (including phenoxy) is 2. The van der Waals surface area contributed by atoms with Crippen LogP contribution in [0, 0.1) is 5.92 Å². The number of hydrogen-bond donors (Lipinski definition) is 0. The summed E-state index contributed by atoms with van der Waals surface area (Å²) in [6, 6.07) is 0. The highest BCUT2D eigenvalue weighted by Gasteiger charge is 2.20. The number of carbonyl (C=O) groups excluding carboxylic acids is 1. The van der Waals surface area contributed by atoms with E-state index in [2.05, 4.69) is 11.3 Å².